The molecule has 0 fully saturated rings. The Morgan fingerprint density at radius 1 is 1.05 bits per heavy atom. The Balaban J connectivity index is 1.96. The lowest BCUT2D eigenvalue weighted by Gasteiger charge is -2.06. The highest BCUT2D eigenvalue weighted by Crippen LogP contribution is 2.15. The zero-order valence-corrected chi connectivity index (χ0v) is 12.1. The molecule has 0 N–H and O–H groups in total. The molecule has 0 aliphatic carbocycles. The maximum atomic E-state index is 12.4. The van der Waals surface area contributed by atoms with Crippen molar-refractivity contribution < 1.29 is 9.52 Å². The molecule has 0 atom stereocenters. The minimum Gasteiger partial charge on any atom is -0.618 e. The van der Waals surface area contributed by atoms with Crippen molar-refractivity contribution in [2.45, 2.75) is 6.92 Å². The molecule has 3 rings (SSSR count). The smallest absolute Gasteiger partial charge is 0.283 e. The third kappa shape index (κ3) is 2.72. The normalized spacial score (nSPS) is 10.4. The average Bonchev–Trinajstić information content (AvgIpc) is 2.56. The highest BCUT2D eigenvalue weighted by Gasteiger charge is 2.19. The summed E-state index contributed by atoms with van der Waals surface area (Å²) in [6.07, 6.45) is 2.66. The summed E-state index contributed by atoms with van der Waals surface area (Å²) in [5, 5.41) is 12.2. The van der Waals surface area contributed by atoms with Gasteiger partial charge in [0.2, 0.25) is 6.20 Å². The van der Waals surface area contributed by atoms with E-state index in [0.717, 1.165) is 11.1 Å². The van der Waals surface area contributed by atoms with Gasteiger partial charge < -0.3 is 5.21 Å². The maximum Gasteiger partial charge on any atom is 0.283 e. The van der Waals surface area contributed by atoms with Gasteiger partial charge in [0.25, 0.3) is 11.5 Å². The molecule has 0 saturated carbocycles. The Morgan fingerprint density at radius 3 is 2.36 bits per heavy atom. The van der Waals surface area contributed by atoms with Crippen molar-refractivity contribution in [3.05, 3.63) is 89.0 Å². The largest absolute Gasteiger partial charge is 0.618 e. The van der Waals surface area contributed by atoms with E-state index in [1.807, 2.05) is 49.4 Å². The number of rotatable bonds is 3. The van der Waals surface area contributed by atoms with Gasteiger partial charge in [-0.05, 0) is 6.92 Å². The van der Waals surface area contributed by atoms with Crippen LogP contribution in [-0.4, -0.2) is 10.8 Å². The van der Waals surface area contributed by atoms with Gasteiger partial charge in [-0.2, -0.15) is 4.73 Å². The van der Waals surface area contributed by atoms with Crippen molar-refractivity contribution in [2.24, 2.45) is 0 Å². The first-order chi connectivity index (χ1) is 10.6. The molecule has 0 radical (unpaired) electrons. The summed E-state index contributed by atoms with van der Waals surface area (Å²) in [5.41, 5.74) is 2.93. The summed E-state index contributed by atoms with van der Waals surface area (Å²) in [6, 6.07) is 16.5. The van der Waals surface area contributed by atoms with Gasteiger partial charge in [-0.1, -0.05) is 60.2 Å². The van der Waals surface area contributed by atoms with Crippen LogP contribution in [0.4, 0.5) is 0 Å². The molecule has 0 saturated heterocycles. The van der Waals surface area contributed by atoms with Crippen LogP contribution in [0.5, 0.6) is 0 Å². The lowest BCUT2D eigenvalue weighted by atomic mass is 10.1. The van der Waals surface area contributed by atoms with Crippen LogP contribution in [0, 0.1) is 12.1 Å². The second-order valence-corrected chi connectivity index (χ2v) is 5.04. The Kier molecular flexibility index (Phi) is 3.66. The lowest BCUT2D eigenvalue weighted by Crippen LogP contribution is -2.35. The summed E-state index contributed by atoms with van der Waals surface area (Å²) in [5.74, 6) is -0.331. The number of benzene rings is 2. The van der Waals surface area contributed by atoms with Gasteiger partial charge in [0.1, 0.15) is 11.9 Å². The molecule has 1 heterocycles. The quantitative estimate of drug-likeness (QED) is 0.423. The summed E-state index contributed by atoms with van der Waals surface area (Å²) < 4.78 is 0.581. The van der Waals surface area contributed by atoms with Gasteiger partial charge in [-0.15, -0.1) is 0 Å². The maximum absolute atomic E-state index is 12.4. The second kappa shape index (κ2) is 5.77. The number of carbonyl (C=O) groups is 1. The molecule has 0 amide bonds. The Morgan fingerprint density at radius 2 is 1.73 bits per heavy atom. The molecule has 4 heteroatoms. The molecule has 0 aliphatic rings. The van der Waals surface area contributed by atoms with Crippen LogP contribution < -0.4 is 4.73 Å². The summed E-state index contributed by atoms with van der Waals surface area (Å²) in [6.45, 7) is 1.94. The zero-order valence-electron chi connectivity index (χ0n) is 12.1. The molecule has 0 aliphatic heterocycles. The molecule has 0 bridgehead atoms. The van der Waals surface area contributed by atoms with Gasteiger partial charge in [0.15, 0.2) is 0 Å². The fraction of sp³-hybridized carbons (Fsp3) is 0.0556. The van der Waals surface area contributed by atoms with Crippen molar-refractivity contribution in [1.29, 1.82) is 0 Å². The molecular weight excluding hydrogens is 276 g/mol. The third-order valence-electron chi connectivity index (χ3n) is 3.42. The van der Waals surface area contributed by atoms with E-state index in [2.05, 4.69) is 4.98 Å². The Bertz CT molecular complexity index is 812. The molecule has 2 aromatic carbocycles. The highest BCUT2D eigenvalue weighted by atomic mass is 16.5. The monoisotopic (exact) mass is 290 g/mol. The summed E-state index contributed by atoms with van der Waals surface area (Å²) >= 11 is 0. The fourth-order valence-corrected chi connectivity index (χ4v) is 2.17. The number of ketones is 1. The van der Waals surface area contributed by atoms with Crippen molar-refractivity contribution in [1.82, 2.24) is 4.98 Å². The van der Waals surface area contributed by atoms with E-state index >= 15 is 0 Å². The third-order valence-corrected chi connectivity index (χ3v) is 3.42. The zero-order chi connectivity index (χ0) is 15.5. The van der Waals surface area contributed by atoms with E-state index in [-0.39, 0.29) is 11.5 Å². The number of hydrogen-bond acceptors (Lipinski definition) is 3. The first-order valence-corrected chi connectivity index (χ1v) is 6.91. The first-order valence-electron chi connectivity index (χ1n) is 6.91. The topological polar surface area (TPSA) is 56.9 Å². The number of hydrogen-bond donors (Lipinski definition) is 0. The second-order valence-electron chi connectivity index (χ2n) is 5.04. The van der Waals surface area contributed by atoms with Gasteiger partial charge in [0.05, 0.1) is 0 Å². The molecular formula is C18H14N2O2. The molecule has 4 nitrogen and oxygen atoms in total. The highest BCUT2D eigenvalue weighted by molar-refractivity contribution is 6.06. The van der Waals surface area contributed by atoms with E-state index in [1.54, 1.807) is 12.1 Å². The van der Waals surface area contributed by atoms with Gasteiger partial charge >= 0.3 is 0 Å². The number of carbonyl (C=O) groups excluding carboxylic acids is 1. The molecule has 0 unspecified atom stereocenters. The van der Waals surface area contributed by atoms with Crippen LogP contribution in [0.15, 0.2) is 67.0 Å². The van der Waals surface area contributed by atoms with Gasteiger partial charge in [-0.3, -0.25) is 4.79 Å². The van der Waals surface area contributed by atoms with Crippen molar-refractivity contribution in [2.75, 3.05) is 0 Å². The van der Waals surface area contributed by atoms with Crippen molar-refractivity contribution >= 4 is 5.78 Å². The summed E-state index contributed by atoms with van der Waals surface area (Å²) in [7, 11) is 0. The summed E-state index contributed by atoms with van der Waals surface area (Å²) in [4.78, 5) is 16.6. The lowest BCUT2D eigenvalue weighted by molar-refractivity contribution is -0.607. The van der Waals surface area contributed by atoms with Crippen LogP contribution in [0.25, 0.3) is 11.3 Å². The van der Waals surface area contributed by atoms with E-state index in [0.29, 0.717) is 16.0 Å². The van der Waals surface area contributed by atoms with E-state index < -0.39 is 0 Å². The van der Waals surface area contributed by atoms with Crippen LogP contribution in [0.2, 0.25) is 0 Å². The molecule has 108 valence electrons. The van der Waals surface area contributed by atoms with Gasteiger partial charge in [0, 0.05) is 11.1 Å². The standard InChI is InChI=1S/C18H14N2O2/c1-13-7-9-15(10-8-13)18(21)17-11-19-16(12-20(17)22)14-5-3-2-4-6-14/h2-12H,1H3. The molecule has 22 heavy (non-hydrogen) atoms. The van der Waals surface area contributed by atoms with Crippen LogP contribution in [-0.2, 0) is 0 Å². The average molecular weight is 290 g/mol. The van der Waals surface area contributed by atoms with Crippen LogP contribution in [0.1, 0.15) is 21.6 Å². The molecule has 1 aromatic heterocycles. The number of aryl methyl sites for hydroxylation is 1. The van der Waals surface area contributed by atoms with Crippen LogP contribution in [0.3, 0.4) is 0 Å². The predicted octanol–water partition coefficient (Wildman–Crippen LogP) is 2.92. The Labute approximate surface area is 128 Å². The van der Waals surface area contributed by atoms with Gasteiger partial charge in [-0.25, -0.2) is 4.98 Å². The SMILES string of the molecule is Cc1ccc(C(=O)c2cnc(-c3ccccc3)c[n+]2[O-])cc1. The number of nitrogens with zero attached hydrogens (tertiary/aromatic N) is 2. The molecule has 3 aromatic rings. The first kappa shape index (κ1) is 13.9. The molecule has 0 spiro atoms. The minimum absolute atomic E-state index is 0.0172. The van der Waals surface area contributed by atoms with E-state index in [1.165, 1.54) is 12.4 Å². The fourth-order valence-electron chi connectivity index (χ4n) is 2.17. The predicted molar refractivity (Wildman–Crippen MR) is 83.2 cm³/mol. The van der Waals surface area contributed by atoms with Crippen molar-refractivity contribution in [3.8, 4) is 11.3 Å². The van der Waals surface area contributed by atoms with Crippen molar-refractivity contribution in [3.63, 3.8) is 0 Å². The van der Waals surface area contributed by atoms with E-state index in [9.17, 15) is 10.0 Å². The number of aromatic nitrogens is 2. The minimum atomic E-state index is -0.331. The van der Waals surface area contributed by atoms with Crippen LogP contribution >= 0.6 is 0 Å². The Hall–Kier alpha value is -3.01. The van der Waals surface area contributed by atoms with E-state index in [4.69, 9.17) is 0 Å².